The zero-order valence-electron chi connectivity index (χ0n) is 17.1. The van der Waals surface area contributed by atoms with E-state index in [9.17, 15) is 4.79 Å². The van der Waals surface area contributed by atoms with Crippen LogP contribution in [0, 0.1) is 13.8 Å². The first-order valence-electron chi connectivity index (χ1n) is 9.66. The number of rotatable bonds is 5. The van der Waals surface area contributed by atoms with Crippen LogP contribution in [0.25, 0.3) is 5.13 Å². The minimum Gasteiger partial charge on any atom is -0.497 e. The molecule has 1 aliphatic heterocycles. The van der Waals surface area contributed by atoms with Gasteiger partial charge in [0.15, 0.2) is 5.13 Å². The van der Waals surface area contributed by atoms with Crippen molar-refractivity contribution in [1.82, 2.24) is 14.5 Å². The number of amides is 1. The van der Waals surface area contributed by atoms with E-state index in [0.29, 0.717) is 0 Å². The van der Waals surface area contributed by atoms with Gasteiger partial charge in [0.05, 0.1) is 25.8 Å². The highest BCUT2D eigenvalue weighted by molar-refractivity contribution is 7.12. The summed E-state index contributed by atoms with van der Waals surface area (Å²) in [5.74, 6) is 1.60. The van der Waals surface area contributed by atoms with E-state index >= 15 is 0 Å². The molecule has 1 fully saturated rings. The fourth-order valence-electron chi connectivity index (χ4n) is 4.19. The summed E-state index contributed by atoms with van der Waals surface area (Å²) in [7, 11) is 3.31. The molecule has 1 aromatic carbocycles. The summed E-state index contributed by atoms with van der Waals surface area (Å²) in [6.07, 6.45) is 3.65. The average Bonchev–Trinajstić information content (AvgIpc) is 3.47. The minimum atomic E-state index is -0.0320. The van der Waals surface area contributed by atoms with Gasteiger partial charge >= 0.3 is 0 Å². The van der Waals surface area contributed by atoms with Crippen LogP contribution in [-0.4, -0.2) is 41.1 Å². The Hall–Kier alpha value is -2.80. The smallest absolute Gasteiger partial charge is 0.256 e. The Kier molecular flexibility index (Phi) is 5.32. The summed E-state index contributed by atoms with van der Waals surface area (Å²) in [4.78, 5) is 19.9. The molecule has 1 atom stereocenters. The fourth-order valence-corrected chi connectivity index (χ4v) is 4.94. The summed E-state index contributed by atoms with van der Waals surface area (Å²) in [5.41, 5.74) is 3.65. The summed E-state index contributed by atoms with van der Waals surface area (Å²) < 4.78 is 13.0. The van der Waals surface area contributed by atoms with Crippen molar-refractivity contribution in [3.05, 3.63) is 58.4 Å². The number of nitrogens with zero attached hydrogens (tertiary/aromatic N) is 3. The topological polar surface area (TPSA) is 56.6 Å². The molecule has 2 aromatic heterocycles. The molecule has 1 amide bonds. The second kappa shape index (κ2) is 7.91. The van der Waals surface area contributed by atoms with Crippen molar-refractivity contribution in [3.63, 3.8) is 0 Å². The first-order chi connectivity index (χ1) is 14.0. The standard InChI is InChI=1S/C22H25N3O3S/c1-14-12-17(15(2)25(14)22-23-9-11-29-22)21(26)24-10-5-6-19(24)18-13-16(27-3)7-8-20(18)28-4/h7-9,11-13,19H,5-6,10H2,1-4H3/t19-/m1/s1. The third-order valence-electron chi connectivity index (χ3n) is 5.58. The van der Waals surface area contributed by atoms with Crippen molar-refractivity contribution in [2.24, 2.45) is 0 Å². The van der Waals surface area contributed by atoms with Crippen molar-refractivity contribution in [1.29, 1.82) is 0 Å². The van der Waals surface area contributed by atoms with Crippen LogP contribution in [0.4, 0.5) is 0 Å². The lowest BCUT2D eigenvalue weighted by Crippen LogP contribution is -2.31. The Morgan fingerprint density at radius 2 is 2.03 bits per heavy atom. The summed E-state index contributed by atoms with van der Waals surface area (Å²) in [5, 5.41) is 2.83. The van der Waals surface area contributed by atoms with E-state index in [0.717, 1.165) is 58.5 Å². The third-order valence-corrected chi connectivity index (χ3v) is 6.34. The van der Waals surface area contributed by atoms with Crippen molar-refractivity contribution in [3.8, 4) is 16.6 Å². The zero-order valence-corrected chi connectivity index (χ0v) is 18.0. The number of carbonyl (C=O) groups excluding carboxylic acids is 1. The second-order valence-electron chi connectivity index (χ2n) is 7.20. The first kappa shape index (κ1) is 19.5. The summed E-state index contributed by atoms with van der Waals surface area (Å²) in [6.45, 7) is 4.72. The molecule has 3 heterocycles. The molecular weight excluding hydrogens is 386 g/mol. The largest absolute Gasteiger partial charge is 0.497 e. The van der Waals surface area contributed by atoms with Crippen molar-refractivity contribution in [2.45, 2.75) is 32.7 Å². The SMILES string of the molecule is COc1ccc(OC)c([C@H]2CCCN2C(=O)c2cc(C)n(-c3nccs3)c2C)c1. The van der Waals surface area contributed by atoms with E-state index in [-0.39, 0.29) is 11.9 Å². The Balaban J connectivity index is 1.70. The van der Waals surface area contributed by atoms with Crippen LogP contribution < -0.4 is 9.47 Å². The molecule has 0 bridgehead atoms. The van der Waals surface area contributed by atoms with Gasteiger partial charge in [0.25, 0.3) is 5.91 Å². The van der Waals surface area contributed by atoms with Crippen molar-refractivity contribution >= 4 is 17.2 Å². The van der Waals surface area contributed by atoms with Gasteiger partial charge in [0.1, 0.15) is 11.5 Å². The van der Waals surface area contributed by atoms with E-state index < -0.39 is 0 Å². The highest BCUT2D eigenvalue weighted by Crippen LogP contribution is 2.40. The van der Waals surface area contributed by atoms with Gasteiger partial charge in [-0.05, 0) is 51.0 Å². The van der Waals surface area contributed by atoms with E-state index in [1.165, 1.54) is 0 Å². The van der Waals surface area contributed by atoms with Gasteiger partial charge in [-0.25, -0.2) is 4.98 Å². The first-order valence-corrected chi connectivity index (χ1v) is 10.5. The number of hydrogen-bond acceptors (Lipinski definition) is 5. The molecule has 1 saturated heterocycles. The Morgan fingerprint density at radius 1 is 1.21 bits per heavy atom. The molecule has 0 spiro atoms. The van der Waals surface area contributed by atoms with Crippen LogP contribution in [0.2, 0.25) is 0 Å². The lowest BCUT2D eigenvalue weighted by atomic mass is 10.0. The molecule has 29 heavy (non-hydrogen) atoms. The molecule has 0 saturated carbocycles. The van der Waals surface area contributed by atoms with Crippen molar-refractivity contribution < 1.29 is 14.3 Å². The Labute approximate surface area is 174 Å². The van der Waals surface area contributed by atoms with E-state index in [1.807, 2.05) is 48.4 Å². The number of hydrogen-bond donors (Lipinski definition) is 0. The maximum atomic E-state index is 13.6. The summed E-state index contributed by atoms with van der Waals surface area (Å²) in [6, 6.07) is 7.70. The molecular formula is C22H25N3O3S. The van der Waals surface area contributed by atoms with E-state index in [1.54, 1.807) is 31.8 Å². The molecule has 0 unspecified atom stereocenters. The van der Waals surface area contributed by atoms with Gasteiger partial charge < -0.3 is 14.4 Å². The Bertz CT molecular complexity index is 1030. The predicted octanol–water partition coefficient (Wildman–Crippen LogP) is 4.55. The molecule has 152 valence electrons. The molecule has 7 heteroatoms. The molecule has 0 aliphatic carbocycles. The number of aromatic nitrogens is 2. The van der Waals surface area contributed by atoms with E-state index in [2.05, 4.69) is 9.55 Å². The van der Waals surface area contributed by atoms with E-state index in [4.69, 9.17) is 9.47 Å². The van der Waals surface area contributed by atoms with Crippen LogP contribution in [-0.2, 0) is 0 Å². The maximum absolute atomic E-state index is 13.6. The highest BCUT2D eigenvalue weighted by Gasteiger charge is 2.34. The van der Waals surface area contributed by atoms with Crippen LogP contribution >= 0.6 is 11.3 Å². The third kappa shape index (κ3) is 3.40. The zero-order chi connectivity index (χ0) is 20.5. The monoisotopic (exact) mass is 411 g/mol. The molecule has 0 radical (unpaired) electrons. The number of aryl methyl sites for hydroxylation is 1. The molecule has 1 aliphatic rings. The van der Waals surface area contributed by atoms with Gasteiger partial charge in [-0.15, -0.1) is 11.3 Å². The van der Waals surface area contributed by atoms with Crippen molar-refractivity contribution in [2.75, 3.05) is 20.8 Å². The Morgan fingerprint density at radius 3 is 2.72 bits per heavy atom. The van der Waals surface area contributed by atoms with Gasteiger partial charge in [0, 0.05) is 35.1 Å². The summed E-state index contributed by atoms with van der Waals surface area (Å²) >= 11 is 1.56. The maximum Gasteiger partial charge on any atom is 0.256 e. The number of ether oxygens (including phenoxy) is 2. The number of carbonyl (C=O) groups is 1. The number of likely N-dealkylation sites (tertiary alicyclic amines) is 1. The highest BCUT2D eigenvalue weighted by atomic mass is 32.1. The average molecular weight is 412 g/mol. The number of benzene rings is 1. The lowest BCUT2D eigenvalue weighted by Gasteiger charge is -2.27. The van der Waals surface area contributed by atoms with Gasteiger partial charge in [-0.2, -0.15) is 0 Å². The van der Waals surface area contributed by atoms with Crippen LogP contribution in [0.1, 0.15) is 46.2 Å². The quantitative estimate of drug-likeness (QED) is 0.618. The lowest BCUT2D eigenvalue weighted by molar-refractivity contribution is 0.0733. The molecule has 3 aromatic rings. The van der Waals surface area contributed by atoms with Crippen LogP contribution in [0.15, 0.2) is 35.8 Å². The van der Waals surface area contributed by atoms with Gasteiger partial charge in [-0.3, -0.25) is 9.36 Å². The normalized spacial score (nSPS) is 16.3. The molecule has 6 nitrogen and oxygen atoms in total. The van der Waals surface area contributed by atoms with Gasteiger partial charge in [-0.1, -0.05) is 0 Å². The van der Waals surface area contributed by atoms with Crippen LogP contribution in [0.3, 0.4) is 0 Å². The number of thiazole rings is 1. The van der Waals surface area contributed by atoms with Crippen LogP contribution in [0.5, 0.6) is 11.5 Å². The fraction of sp³-hybridized carbons (Fsp3) is 0.364. The molecule has 0 N–H and O–H groups in total. The number of methoxy groups -OCH3 is 2. The second-order valence-corrected chi connectivity index (χ2v) is 8.07. The minimum absolute atomic E-state index is 0.0320. The van der Waals surface area contributed by atoms with Gasteiger partial charge in [0.2, 0.25) is 0 Å². The molecule has 4 rings (SSSR count). The predicted molar refractivity (Wildman–Crippen MR) is 113 cm³/mol.